The van der Waals surface area contributed by atoms with Crippen LogP contribution in [0.4, 0.5) is 10.1 Å². The quantitative estimate of drug-likeness (QED) is 0.609. The smallest absolute Gasteiger partial charge is 0.264 e. The lowest BCUT2D eigenvalue weighted by atomic mass is 9.88. The predicted octanol–water partition coefficient (Wildman–Crippen LogP) is 3.79. The number of benzene rings is 3. The summed E-state index contributed by atoms with van der Waals surface area (Å²) < 4.78 is 47.3. The van der Waals surface area contributed by atoms with E-state index in [9.17, 15) is 23.0 Å². The molecule has 0 amide bonds. The fraction of sp³-hybridized carbons (Fsp3) is 0.250. The van der Waals surface area contributed by atoms with Crippen LogP contribution >= 0.6 is 0 Å². The zero-order chi connectivity index (χ0) is 23.1. The third-order valence-electron chi connectivity index (χ3n) is 5.55. The van der Waals surface area contributed by atoms with Gasteiger partial charge in [-0.2, -0.15) is 0 Å². The van der Waals surface area contributed by atoms with Crippen LogP contribution in [0.5, 0.6) is 5.75 Å². The first-order valence-corrected chi connectivity index (χ1v) is 11.5. The second-order valence-corrected chi connectivity index (χ2v) is 10.1. The average molecular weight is 458 g/mol. The molecule has 0 spiro atoms. The molecule has 0 unspecified atom stereocenters. The monoisotopic (exact) mass is 457 g/mol. The molecule has 0 saturated carbocycles. The number of fused-ring (bicyclic) bond motifs is 1. The molecule has 0 radical (unpaired) electrons. The third-order valence-corrected chi connectivity index (χ3v) is 7.34. The van der Waals surface area contributed by atoms with E-state index >= 15 is 0 Å². The van der Waals surface area contributed by atoms with Crippen molar-refractivity contribution in [3.05, 3.63) is 89.7 Å². The van der Waals surface area contributed by atoms with Gasteiger partial charge in [0.15, 0.2) is 0 Å². The Balaban J connectivity index is 1.75. The van der Waals surface area contributed by atoms with Gasteiger partial charge in [-0.15, -0.1) is 0 Å². The summed E-state index contributed by atoms with van der Waals surface area (Å²) in [4.78, 5) is 0.0998. The highest BCUT2D eigenvalue weighted by Crippen LogP contribution is 2.40. The normalized spacial score (nSPS) is 19.7. The summed E-state index contributed by atoms with van der Waals surface area (Å²) in [5.41, 5.74) is 0.281. The van der Waals surface area contributed by atoms with Crippen molar-refractivity contribution in [2.45, 2.75) is 43.1 Å². The minimum atomic E-state index is -3.96. The predicted molar refractivity (Wildman–Crippen MR) is 118 cm³/mol. The van der Waals surface area contributed by atoms with E-state index in [0.29, 0.717) is 22.6 Å². The van der Waals surface area contributed by atoms with E-state index in [1.165, 1.54) is 40.7 Å². The molecular formula is C24H24FNO5S. The van der Waals surface area contributed by atoms with E-state index < -0.39 is 33.6 Å². The molecule has 0 saturated heterocycles. The Morgan fingerprint density at radius 1 is 1.00 bits per heavy atom. The van der Waals surface area contributed by atoms with Crippen LogP contribution in [0.25, 0.3) is 0 Å². The highest BCUT2D eigenvalue weighted by molar-refractivity contribution is 7.92. The zero-order valence-corrected chi connectivity index (χ0v) is 18.5. The highest BCUT2D eigenvalue weighted by atomic mass is 32.2. The van der Waals surface area contributed by atoms with Gasteiger partial charge in [-0.1, -0.05) is 24.3 Å². The number of aliphatic hydroxyl groups excluding tert-OH is 2. The Labute approximate surface area is 186 Å². The number of aliphatic hydroxyl groups is 2. The van der Waals surface area contributed by atoms with Gasteiger partial charge in [-0.3, -0.25) is 4.31 Å². The second-order valence-electron chi connectivity index (χ2n) is 8.27. The molecule has 3 aromatic carbocycles. The molecule has 4 rings (SSSR count). The minimum Gasteiger partial charge on any atom is -0.485 e. The Morgan fingerprint density at radius 3 is 2.31 bits per heavy atom. The molecule has 2 N–H and O–H groups in total. The van der Waals surface area contributed by atoms with Crippen LogP contribution in [0.2, 0.25) is 0 Å². The maximum absolute atomic E-state index is 13.5. The number of halogens is 1. The molecule has 2 atom stereocenters. The molecule has 3 aromatic rings. The van der Waals surface area contributed by atoms with Crippen molar-refractivity contribution in [3.8, 4) is 5.75 Å². The van der Waals surface area contributed by atoms with Gasteiger partial charge < -0.3 is 14.9 Å². The fourth-order valence-corrected chi connectivity index (χ4v) is 5.20. The number of ether oxygens (including phenoxy) is 1. The van der Waals surface area contributed by atoms with E-state index in [1.807, 2.05) is 0 Å². The van der Waals surface area contributed by atoms with Crippen LogP contribution in [0.3, 0.4) is 0 Å². The van der Waals surface area contributed by atoms with Crippen molar-refractivity contribution < 1.29 is 27.8 Å². The van der Waals surface area contributed by atoms with E-state index in [-0.39, 0.29) is 11.4 Å². The van der Waals surface area contributed by atoms with Gasteiger partial charge >= 0.3 is 0 Å². The largest absolute Gasteiger partial charge is 0.485 e. The van der Waals surface area contributed by atoms with Gasteiger partial charge in [0.05, 0.1) is 17.1 Å². The SMILES string of the molecule is CC1(C)Oc2ccc(CN(c3ccc(F)cc3)S(=O)(=O)c3ccccc3)cc2[C@H](O)[C@H]1O. The number of rotatable bonds is 5. The molecule has 0 bridgehead atoms. The van der Waals surface area contributed by atoms with E-state index in [0.717, 1.165) is 0 Å². The lowest BCUT2D eigenvalue weighted by Crippen LogP contribution is -2.48. The van der Waals surface area contributed by atoms with E-state index in [4.69, 9.17) is 4.74 Å². The molecule has 1 aliphatic rings. The van der Waals surface area contributed by atoms with Crippen LogP contribution in [-0.4, -0.2) is 30.3 Å². The maximum atomic E-state index is 13.5. The number of hydrogen-bond acceptors (Lipinski definition) is 5. The molecule has 1 aliphatic heterocycles. The zero-order valence-electron chi connectivity index (χ0n) is 17.6. The first-order chi connectivity index (χ1) is 15.1. The van der Waals surface area contributed by atoms with E-state index in [1.54, 1.807) is 50.2 Å². The maximum Gasteiger partial charge on any atom is 0.264 e. The van der Waals surface area contributed by atoms with Crippen molar-refractivity contribution in [1.82, 2.24) is 0 Å². The van der Waals surface area contributed by atoms with Crippen molar-refractivity contribution in [2.24, 2.45) is 0 Å². The number of sulfonamides is 1. The Bertz CT molecular complexity index is 1210. The van der Waals surface area contributed by atoms with E-state index in [2.05, 4.69) is 0 Å². The third kappa shape index (κ3) is 4.09. The highest BCUT2D eigenvalue weighted by Gasteiger charge is 2.42. The van der Waals surface area contributed by atoms with Gasteiger partial charge in [0.1, 0.15) is 29.4 Å². The Kier molecular flexibility index (Phi) is 5.70. The standard InChI is InChI=1S/C24H24FNO5S/c1-24(2)23(28)22(27)20-14-16(8-13-21(20)31-24)15-26(18-11-9-17(25)10-12-18)32(29,30)19-6-4-3-5-7-19/h3-14,22-23,27-28H,15H2,1-2H3/t22-,23+/m0/s1. The molecule has 168 valence electrons. The van der Waals surface area contributed by atoms with Crippen molar-refractivity contribution in [2.75, 3.05) is 4.31 Å². The van der Waals surface area contributed by atoms with Gasteiger partial charge in [0.2, 0.25) is 0 Å². The van der Waals surface area contributed by atoms with Crippen molar-refractivity contribution in [3.63, 3.8) is 0 Å². The van der Waals surface area contributed by atoms with Crippen LogP contribution in [-0.2, 0) is 16.6 Å². The van der Waals surface area contributed by atoms with Crippen molar-refractivity contribution >= 4 is 15.7 Å². The molecule has 0 fully saturated rings. The second kappa shape index (κ2) is 8.20. The Hall–Kier alpha value is -2.94. The van der Waals surface area contributed by atoms with Crippen LogP contribution < -0.4 is 9.04 Å². The van der Waals surface area contributed by atoms with Gasteiger partial charge in [-0.25, -0.2) is 12.8 Å². The first-order valence-electron chi connectivity index (χ1n) is 10.1. The fourth-order valence-electron chi connectivity index (χ4n) is 3.72. The van der Waals surface area contributed by atoms with Crippen LogP contribution in [0, 0.1) is 5.82 Å². The summed E-state index contributed by atoms with van der Waals surface area (Å²) in [5, 5.41) is 21.0. The number of nitrogens with zero attached hydrogens (tertiary/aromatic N) is 1. The number of anilines is 1. The van der Waals surface area contributed by atoms with Gasteiger partial charge in [0, 0.05) is 5.56 Å². The molecule has 1 heterocycles. The summed E-state index contributed by atoms with van der Waals surface area (Å²) in [7, 11) is -3.96. The lowest BCUT2D eigenvalue weighted by Gasteiger charge is -2.40. The molecule has 32 heavy (non-hydrogen) atoms. The average Bonchev–Trinajstić information content (AvgIpc) is 2.77. The summed E-state index contributed by atoms with van der Waals surface area (Å²) in [6, 6.07) is 18.2. The summed E-state index contributed by atoms with van der Waals surface area (Å²) >= 11 is 0. The molecule has 6 nitrogen and oxygen atoms in total. The van der Waals surface area contributed by atoms with Gasteiger partial charge in [-0.05, 0) is 67.9 Å². The summed E-state index contributed by atoms with van der Waals surface area (Å²) in [5.74, 6) is -0.0488. The number of hydrogen-bond donors (Lipinski definition) is 2. The molecule has 8 heteroatoms. The van der Waals surface area contributed by atoms with Crippen LogP contribution in [0.15, 0.2) is 77.7 Å². The molecular weight excluding hydrogens is 433 g/mol. The summed E-state index contributed by atoms with van der Waals surface area (Å²) in [6.07, 6.45) is -2.33. The lowest BCUT2D eigenvalue weighted by molar-refractivity contribution is -0.111. The first kappa shape index (κ1) is 22.3. The van der Waals surface area contributed by atoms with Crippen LogP contribution in [0.1, 0.15) is 31.1 Å². The summed E-state index contributed by atoms with van der Waals surface area (Å²) in [6.45, 7) is 3.29. The Morgan fingerprint density at radius 2 is 1.66 bits per heavy atom. The van der Waals surface area contributed by atoms with Gasteiger partial charge in [0.25, 0.3) is 10.0 Å². The van der Waals surface area contributed by atoms with Crippen molar-refractivity contribution in [1.29, 1.82) is 0 Å². The minimum absolute atomic E-state index is 0.0671. The molecule has 0 aliphatic carbocycles. The molecule has 0 aromatic heterocycles. The topological polar surface area (TPSA) is 87.1 Å².